The van der Waals surface area contributed by atoms with E-state index in [1.807, 2.05) is 85.1 Å². The van der Waals surface area contributed by atoms with Gasteiger partial charge in [-0.3, -0.25) is 19.4 Å². The fourth-order valence-corrected chi connectivity index (χ4v) is 5.06. The Morgan fingerprint density at radius 1 is 0.905 bits per heavy atom. The number of allylic oxidation sites excluding steroid dienone is 1. The molecule has 1 aliphatic rings. The molecule has 0 bridgehead atoms. The normalized spacial score (nSPS) is 19.2. The molecule has 8 heteroatoms. The summed E-state index contributed by atoms with van der Waals surface area (Å²) in [4.78, 5) is 40.6. The number of fused-ring (bicyclic) bond motifs is 2. The van der Waals surface area contributed by atoms with Crippen molar-refractivity contribution in [2.24, 2.45) is 17.3 Å². The van der Waals surface area contributed by atoms with E-state index in [2.05, 4.69) is 22.1 Å². The molecule has 214 valence electrons. The van der Waals surface area contributed by atoms with Gasteiger partial charge in [-0.25, -0.2) is 0 Å². The summed E-state index contributed by atoms with van der Waals surface area (Å²) in [7, 11) is 0. The van der Waals surface area contributed by atoms with Crippen molar-refractivity contribution in [3.05, 3.63) is 126 Å². The molecule has 42 heavy (non-hydrogen) atoms. The lowest BCUT2D eigenvalue weighted by Gasteiger charge is -2.37. The molecule has 2 aromatic heterocycles. The Morgan fingerprint density at radius 3 is 2.21 bits per heavy atom. The monoisotopic (exact) mass is 564 g/mol. The summed E-state index contributed by atoms with van der Waals surface area (Å²) in [5.41, 5.74) is 1.82. The SMILES string of the molecule is CC1C(C(=O)O)C=CCC1(CO)C(=O)O.O=c1[nH]cc(-c2ccccc2)c2ccccc12.c1ccc2ncccc2c1. The maximum Gasteiger partial charge on any atom is 0.312 e. The number of pyridine rings is 2. The average molecular weight is 565 g/mol. The van der Waals surface area contributed by atoms with Crippen LogP contribution in [0.1, 0.15) is 13.3 Å². The summed E-state index contributed by atoms with van der Waals surface area (Å²) in [5.74, 6) is -3.67. The van der Waals surface area contributed by atoms with Crippen LogP contribution in [0.2, 0.25) is 0 Å². The lowest BCUT2D eigenvalue weighted by Crippen LogP contribution is -2.46. The fourth-order valence-electron chi connectivity index (χ4n) is 5.06. The number of aliphatic hydroxyl groups is 1. The number of hydrogen-bond acceptors (Lipinski definition) is 5. The number of carbonyl (C=O) groups is 2. The van der Waals surface area contributed by atoms with Crippen LogP contribution in [-0.2, 0) is 9.59 Å². The summed E-state index contributed by atoms with van der Waals surface area (Å²) < 4.78 is 0. The number of carboxylic acid groups (broad SMARTS) is 2. The number of carboxylic acids is 2. The molecule has 3 unspecified atom stereocenters. The number of rotatable bonds is 4. The van der Waals surface area contributed by atoms with Crippen LogP contribution < -0.4 is 5.56 Å². The van der Waals surface area contributed by atoms with Gasteiger partial charge in [-0.1, -0.05) is 91.9 Å². The standard InChI is InChI=1S/C15H11NO.C10H14O5.C9H7N/c17-15-13-9-5-4-8-12(13)14(10-16-15)11-6-2-1-3-7-11;1-6-7(8(12)13)3-2-4-10(6,5-11)9(14)15;1-2-6-9-8(4-1)5-3-7-10-9/h1-10H,(H,16,17);2-3,6-7,11H,4-5H2,1H3,(H,12,13)(H,14,15);1-7H. The molecule has 2 heterocycles. The Kier molecular flexibility index (Phi) is 9.62. The summed E-state index contributed by atoms with van der Waals surface area (Å²) in [6.45, 7) is 1.00. The summed E-state index contributed by atoms with van der Waals surface area (Å²) in [6.07, 6.45) is 6.76. The van der Waals surface area contributed by atoms with Crippen molar-refractivity contribution in [1.82, 2.24) is 9.97 Å². The van der Waals surface area contributed by atoms with Crippen LogP contribution in [0.25, 0.3) is 32.8 Å². The van der Waals surface area contributed by atoms with Crippen LogP contribution >= 0.6 is 0 Å². The maximum atomic E-state index is 11.7. The molecule has 0 amide bonds. The highest BCUT2D eigenvalue weighted by Gasteiger charge is 2.48. The molecule has 0 saturated carbocycles. The van der Waals surface area contributed by atoms with E-state index >= 15 is 0 Å². The van der Waals surface area contributed by atoms with Gasteiger partial charge in [0.1, 0.15) is 0 Å². The van der Waals surface area contributed by atoms with Gasteiger partial charge in [-0.15, -0.1) is 0 Å². The third-order valence-electron chi connectivity index (χ3n) is 7.64. The summed E-state index contributed by atoms with van der Waals surface area (Å²) >= 11 is 0. The molecule has 4 N–H and O–H groups in total. The van der Waals surface area contributed by atoms with Gasteiger partial charge >= 0.3 is 11.9 Å². The van der Waals surface area contributed by atoms with Gasteiger partial charge in [0, 0.05) is 28.7 Å². The third-order valence-corrected chi connectivity index (χ3v) is 7.64. The number of aliphatic carboxylic acids is 2. The quantitative estimate of drug-likeness (QED) is 0.203. The van der Waals surface area contributed by atoms with E-state index in [4.69, 9.17) is 10.2 Å². The largest absolute Gasteiger partial charge is 0.481 e. The predicted molar refractivity (Wildman–Crippen MR) is 163 cm³/mol. The molecule has 8 nitrogen and oxygen atoms in total. The van der Waals surface area contributed by atoms with E-state index in [-0.39, 0.29) is 12.0 Å². The van der Waals surface area contributed by atoms with Crippen molar-refractivity contribution < 1.29 is 24.9 Å². The molecule has 5 aromatic rings. The third kappa shape index (κ3) is 6.45. The minimum Gasteiger partial charge on any atom is -0.481 e. The molecule has 0 aliphatic heterocycles. The Balaban J connectivity index is 0.000000149. The Hall–Kier alpha value is -5.08. The smallest absolute Gasteiger partial charge is 0.312 e. The highest BCUT2D eigenvalue weighted by atomic mass is 16.4. The maximum absolute atomic E-state index is 11.7. The zero-order valence-corrected chi connectivity index (χ0v) is 23.1. The highest BCUT2D eigenvalue weighted by molar-refractivity contribution is 5.95. The molecule has 0 saturated heterocycles. The van der Waals surface area contributed by atoms with Gasteiger partial charge < -0.3 is 20.3 Å². The zero-order chi connectivity index (χ0) is 30.1. The summed E-state index contributed by atoms with van der Waals surface area (Å²) in [6, 6.07) is 29.8. The van der Waals surface area contributed by atoms with Crippen LogP contribution in [0.15, 0.2) is 120 Å². The number of H-pyrrole nitrogens is 1. The van der Waals surface area contributed by atoms with E-state index in [9.17, 15) is 19.5 Å². The molecule has 0 radical (unpaired) electrons. The van der Waals surface area contributed by atoms with Crippen LogP contribution in [-0.4, -0.2) is 43.8 Å². The van der Waals surface area contributed by atoms with Gasteiger partial charge in [0.05, 0.1) is 23.5 Å². The second-order valence-electron chi connectivity index (χ2n) is 10.0. The topological polar surface area (TPSA) is 141 Å². The second-order valence-corrected chi connectivity index (χ2v) is 10.0. The minimum absolute atomic E-state index is 0.0414. The molecule has 1 aliphatic carbocycles. The lowest BCUT2D eigenvalue weighted by atomic mass is 9.65. The van der Waals surface area contributed by atoms with E-state index in [1.54, 1.807) is 13.1 Å². The van der Waals surface area contributed by atoms with Gasteiger partial charge in [-0.05, 0) is 41.5 Å². The number of benzene rings is 3. The van der Waals surface area contributed by atoms with Crippen molar-refractivity contribution in [3.63, 3.8) is 0 Å². The van der Waals surface area contributed by atoms with Crippen molar-refractivity contribution in [2.75, 3.05) is 6.61 Å². The second kappa shape index (κ2) is 13.5. The van der Waals surface area contributed by atoms with Gasteiger partial charge in [0.15, 0.2) is 0 Å². The molecule has 6 rings (SSSR count). The number of aliphatic hydroxyl groups excluding tert-OH is 1. The van der Waals surface area contributed by atoms with Crippen molar-refractivity contribution >= 4 is 33.6 Å². The van der Waals surface area contributed by atoms with Gasteiger partial charge in [0.2, 0.25) is 0 Å². The predicted octanol–water partition coefficient (Wildman–Crippen LogP) is 5.78. The van der Waals surface area contributed by atoms with E-state index in [0.717, 1.165) is 27.4 Å². The number of aromatic nitrogens is 2. The molecular weight excluding hydrogens is 532 g/mol. The van der Waals surface area contributed by atoms with E-state index < -0.39 is 35.8 Å². The number of hydrogen-bond donors (Lipinski definition) is 4. The number of nitrogens with zero attached hydrogens (tertiary/aromatic N) is 1. The zero-order valence-electron chi connectivity index (χ0n) is 23.1. The van der Waals surface area contributed by atoms with E-state index in [1.165, 1.54) is 17.5 Å². The fraction of sp³-hybridized carbons (Fsp3) is 0.176. The van der Waals surface area contributed by atoms with Crippen LogP contribution in [0, 0.1) is 17.3 Å². The first-order valence-electron chi connectivity index (χ1n) is 13.5. The molecule has 0 spiro atoms. The Morgan fingerprint density at radius 2 is 1.55 bits per heavy atom. The number of nitrogens with one attached hydrogen (secondary N) is 1. The van der Waals surface area contributed by atoms with E-state index in [0.29, 0.717) is 0 Å². The Labute approximate surface area is 242 Å². The Bertz CT molecular complexity index is 1700. The van der Waals surface area contributed by atoms with Gasteiger partial charge in [0.25, 0.3) is 5.56 Å². The number of aromatic amines is 1. The van der Waals surface area contributed by atoms with Crippen molar-refractivity contribution in [1.29, 1.82) is 0 Å². The van der Waals surface area contributed by atoms with Crippen molar-refractivity contribution in [2.45, 2.75) is 13.3 Å². The van der Waals surface area contributed by atoms with Crippen LogP contribution in [0.4, 0.5) is 0 Å². The first kappa shape index (κ1) is 29.9. The first-order valence-corrected chi connectivity index (χ1v) is 13.5. The highest BCUT2D eigenvalue weighted by Crippen LogP contribution is 2.41. The first-order chi connectivity index (χ1) is 20.3. The average Bonchev–Trinajstić information content (AvgIpc) is 3.02. The van der Waals surface area contributed by atoms with Crippen molar-refractivity contribution in [3.8, 4) is 11.1 Å². The molecule has 3 aromatic carbocycles. The molecule has 3 atom stereocenters. The molecule has 0 fully saturated rings. The van der Waals surface area contributed by atoms with Crippen LogP contribution in [0.5, 0.6) is 0 Å². The summed E-state index contributed by atoms with van der Waals surface area (Å²) in [5, 5.41) is 30.1. The molecular formula is C34H32N2O6. The minimum atomic E-state index is -1.36. The van der Waals surface area contributed by atoms with Crippen LogP contribution in [0.3, 0.4) is 0 Å². The van der Waals surface area contributed by atoms with Gasteiger partial charge in [-0.2, -0.15) is 0 Å². The number of para-hydroxylation sites is 1. The lowest BCUT2D eigenvalue weighted by molar-refractivity contribution is -0.160.